The molecule has 1 aromatic carbocycles. The fraction of sp³-hybridized carbons (Fsp3) is 0.200. The van der Waals surface area contributed by atoms with Crippen molar-refractivity contribution in [3.8, 4) is 11.3 Å². The lowest BCUT2D eigenvalue weighted by Gasteiger charge is -2.22. The third-order valence-electron chi connectivity index (χ3n) is 4.43. The van der Waals surface area contributed by atoms with Crippen LogP contribution >= 0.6 is 24.0 Å². The number of thiocarbonyl (C=S) groups is 1. The number of rotatable bonds is 7. The third kappa shape index (κ3) is 5.19. The molecule has 1 amide bonds. The number of furan rings is 1. The highest BCUT2D eigenvalue weighted by Gasteiger charge is 2.40. The standard InChI is InChI=1S/C20H14F3NO6S2/c21-20(22,23)11-3-1-2-10(8-11)14-6-4-12(30-14)9-15-17(27)24(19(31)32-15)13(18(28)29)5-7-16(25)26/h1-4,6,8-9,13H,5,7H2,(H,25,26)(H,28,29)/b15-9+/t13-/m1/s1. The number of carbonyl (C=O) groups excluding carboxylic acids is 1. The first-order valence-electron chi connectivity index (χ1n) is 8.96. The van der Waals surface area contributed by atoms with Crippen molar-refractivity contribution in [2.45, 2.75) is 25.1 Å². The molecule has 168 valence electrons. The lowest BCUT2D eigenvalue weighted by atomic mass is 10.1. The molecule has 1 aromatic heterocycles. The van der Waals surface area contributed by atoms with Crippen molar-refractivity contribution in [2.75, 3.05) is 0 Å². The number of benzene rings is 1. The molecule has 7 nitrogen and oxygen atoms in total. The van der Waals surface area contributed by atoms with Crippen molar-refractivity contribution in [3.05, 3.63) is 52.6 Å². The maximum atomic E-state index is 12.9. The summed E-state index contributed by atoms with van der Waals surface area (Å²) in [4.78, 5) is 35.9. The van der Waals surface area contributed by atoms with Crippen LogP contribution in [0.1, 0.15) is 24.2 Å². The molecule has 0 saturated carbocycles. The minimum atomic E-state index is -4.51. The first-order valence-corrected chi connectivity index (χ1v) is 10.2. The zero-order valence-corrected chi connectivity index (χ0v) is 17.6. The number of alkyl halides is 3. The monoisotopic (exact) mass is 485 g/mol. The predicted molar refractivity (Wildman–Crippen MR) is 112 cm³/mol. The molecule has 0 radical (unpaired) electrons. The van der Waals surface area contributed by atoms with Crippen LogP contribution in [0.3, 0.4) is 0 Å². The predicted octanol–water partition coefficient (Wildman–Crippen LogP) is 4.48. The Balaban J connectivity index is 1.84. The molecule has 0 bridgehead atoms. The maximum Gasteiger partial charge on any atom is 0.416 e. The van der Waals surface area contributed by atoms with E-state index in [1.54, 1.807) is 0 Å². The Morgan fingerprint density at radius 3 is 2.56 bits per heavy atom. The largest absolute Gasteiger partial charge is 0.481 e. The first kappa shape index (κ1) is 23.5. The maximum absolute atomic E-state index is 12.9. The quantitative estimate of drug-likeness (QED) is 0.437. The highest BCUT2D eigenvalue weighted by molar-refractivity contribution is 8.26. The van der Waals surface area contributed by atoms with Gasteiger partial charge in [0.25, 0.3) is 5.91 Å². The molecule has 0 unspecified atom stereocenters. The number of nitrogens with zero attached hydrogens (tertiary/aromatic N) is 1. The molecule has 3 rings (SSSR count). The van der Waals surface area contributed by atoms with Crippen LogP contribution in [0.25, 0.3) is 17.4 Å². The van der Waals surface area contributed by atoms with E-state index in [2.05, 4.69) is 0 Å². The summed E-state index contributed by atoms with van der Waals surface area (Å²) in [6, 6.07) is 5.99. The number of carboxylic acids is 2. The number of aliphatic carboxylic acids is 2. The molecule has 0 spiro atoms. The fourth-order valence-corrected chi connectivity index (χ4v) is 4.27. The highest BCUT2D eigenvalue weighted by atomic mass is 32.2. The molecule has 1 saturated heterocycles. The Kier molecular flexibility index (Phi) is 6.74. The molecular formula is C20H14F3NO6S2. The molecule has 2 heterocycles. The van der Waals surface area contributed by atoms with Gasteiger partial charge in [-0.25, -0.2) is 4.79 Å². The van der Waals surface area contributed by atoms with E-state index in [9.17, 15) is 32.7 Å². The topological polar surface area (TPSA) is 108 Å². The Morgan fingerprint density at radius 1 is 1.22 bits per heavy atom. The van der Waals surface area contributed by atoms with Crippen molar-refractivity contribution in [3.63, 3.8) is 0 Å². The summed E-state index contributed by atoms with van der Waals surface area (Å²) in [5, 5.41) is 18.2. The average molecular weight is 485 g/mol. The zero-order valence-electron chi connectivity index (χ0n) is 16.0. The van der Waals surface area contributed by atoms with Gasteiger partial charge in [0.2, 0.25) is 0 Å². The van der Waals surface area contributed by atoms with Gasteiger partial charge in [-0.1, -0.05) is 36.1 Å². The lowest BCUT2D eigenvalue weighted by Crippen LogP contribution is -2.44. The number of hydrogen-bond donors (Lipinski definition) is 2. The fourth-order valence-electron chi connectivity index (χ4n) is 2.94. The van der Waals surface area contributed by atoms with Crippen LogP contribution in [-0.4, -0.2) is 43.3 Å². The summed E-state index contributed by atoms with van der Waals surface area (Å²) in [6.07, 6.45) is -4.01. The van der Waals surface area contributed by atoms with Crippen LogP contribution in [0.5, 0.6) is 0 Å². The van der Waals surface area contributed by atoms with Crippen LogP contribution in [-0.2, 0) is 20.6 Å². The van der Waals surface area contributed by atoms with E-state index in [0.29, 0.717) is 0 Å². The van der Waals surface area contributed by atoms with Crippen LogP contribution in [0, 0.1) is 0 Å². The lowest BCUT2D eigenvalue weighted by molar-refractivity contribution is -0.146. The number of amides is 1. The summed E-state index contributed by atoms with van der Waals surface area (Å²) in [7, 11) is 0. The van der Waals surface area contributed by atoms with Crippen molar-refractivity contribution >= 4 is 52.2 Å². The molecule has 2 aromatic rings. The molecule has 1 atom stereocenters. The van der Waals surface area contributed by atoms with E-state index in [0.717, 1.165) is 28.8 Å². The third-order valence-corrected chi connectivity index (χ3v) is 5.76. The van der Waals surface area contributed by atoms with Crippen molar-refractivity contribution < 1.29 is 42.2 Å². The second-order valence-electron chi connectivity index (χ2n) is 6.62. The van der Waals surface area contributed by atoms with Gasteiger partial charge in [0.05, 0.1) is 10.5 Å². The van der Waals surface area contributed by atoms with Gasteiger partial charge >= 0.3 is 18.1 Å². The molecule has 2 N–H and O–H groups in total. The normalized spacial score (nSPS) is 16.6. The molecular weight excluding hydrogens is 471 g/mol. The molecule has 0 aliphatic carbocycles. The number of halogens is 3. The summed E-state index contributed by atoms with van der Waals surface area (Å²) < 4.78 is 44.3. The van der Waals surface area contributed by atoms with Crippen molar-refractivity contribution in [1.29, 1.82) is 0 Å². The van der Waals surface area contributed by atoms with Crippen molar-refractivity contribution in [1.82, 2.24) is 4.90 Å². The Labute approximate surface area is 188 Å². The van der Waals surface area contributed by atoms with E-state index < -0.39 is 42.0 Å². The van der Waals surface area contributed by atoms with E-state index >= 15 is 0 Å². The van der Waals surface area contributed by atoms with E-state index in [-0.39, 0.29) is 32.7 Å². The smallest absolute Gasteiger partial charge is 0.416 e. The molecule has 32 heavy (non-hydrogen) atoms. The van der Waals surface area contributed by atoms with Crippen LogP contribution in [0.2, 0.25) is 0 Å². The van der Waals surface area contributed by atoms with Crippen LogP contribution < -0.4 is 0 Å². The summed E-state index contributed by atoms with van der Waals surface area (Å²) in [5.74, 6) is -3.04. The minimum absolute atomic E-state index is 0.0431. The van der Waals surface area contributed by atoms with E-state index in [1.807, 2.05) is 0 Å². The van der Waals surface area contributed by atoms with E-state index in [1.165, 1.54) is 30.3 Å². The van der Waals surface area contributed by atoms with Gasteiger partial charge in [-0.15, -0.1) is 0 Å². The van der Waals surface area contributed by atoms with Gasteiger partial charge in [-0.05, 0) is 30.7 Å². The molecule has 1 aliphatic rings. The second-order valence-corrected chi connectivity index (χ2v) is 8.29. The van der Waals surface area contributed by atoms with Gasteiger partial charge in [0.15, 0.2) is 0 Å². The highest BCUT2D eigenvalue weighted by Crippen LogP contribution is 2.36. The van der Waals surface area contributed by atoms with Gasteiger partial charge in [0, 0.05) is 18.1 Å². The van der Waals surface area contributed by atoms with Gasteiger partial charge < -0.3 is 14.6 Å². The average Bonchev–Trinajstić information content (AvgIpc) is 3.27. The summed E-state index contributed by atoms with van der Waals surface area (Å²) in [5.41, 5.74) is -0.651. The molecule has 12 heteroatoms. The zero-order chi connectivity index (χ0) is 23.6. The molecule has 1 fully saturated rings. The Bertz CT molecular complexity index is 1120. The minimum Gasteiger partial charge on any atom is -0.481 e. The van der Waals surface area contributed by atoms with Gasteiger partial charge in [-0.3, -0.25) is 14.5 Å². The first-order chi connectivity index (χ1) is 15.0. The van der Waals surface area contributed by atoms with E-state index in [4.69, 9.17) is 21.7 Å². The second kappa shape index (κ2) is 9.17. The number of carbonyl (C=O) groups is 3. The number of hydrogen-bond acceptors (Lipinski definition) is 6. The van der Waals surface area contributed by atoms with Crippen LogP contribution in [0.4, 0.5) is 13.2 Å². The SMILES string of the molecule is O=C(O)CC[C@H](C(=O)O)N1C(=O)/C(=C\c2ccc(-c3cccc(C(F)(F)F)c3)o2)SC1=S. The van der Waals surface area contributed by atoms with Gasteiger partial charge in [0.1, 0.15) is 21.9 Å². The Morgan fingerprint density at radius 2 is 1.94 bits per heavy atom. The van der Waals surface area contributed by atoms with Gasteiger partial charge in [-0.2, -0.15) is 13.2 Å². The van der Waals surface area contributed by atoms with Crippen molar-refractivity contribution in [2.24, 2.45) is 0 Å². The Hall–Kier alpha value is -3.12. The summed E-state index contributed by atoms with van der Waals surface area (Å²) >= 11 is 5.91. The number of thioether (sulfide) groups is 1. The number of carboxylic acid groups (broad SMARTS) is 2. The molecule has 1 aliphatic heterocycles. The van der Waals surface area contributed by atoms with Crippen LogP contribution in [0.15, 0.2) is 45.7 Å². The summed E-state index contributed by atoms with van der Waals surface area (Å²) in [6.45, 7) is 0.